The zero-order valence-electron chi connectivity index (χ0n) is 6.97. The number of aromatic nitrogens is 1. The Labute approximate surface area is 80.8 Å². The van der Waals surface area contributed by atoms with Gasteiger partial charge >= 0.3 is 0 Å². The first-order chi connectivity index (χ1) is 5.63. The van der Waals surface area contributed by atoms with Crippen molar-refractivity contribution in [2.24, 2.45) is 5.92 Å². The molecule has 0 amide bonds. The number of hydrogen-bond acceptors (Lipinski definition) is 3. The third kappa shape index (κ3) is 2.20. The average molecular weight is 201 g/mol. The van der Waals surface area contributed by atoms with Crippen molar-refractivity contribution >= 4 is 22.9 Å². The normalized spacial score (nSPS) is 10.2. The Morgan fingerprint density at radius 2 is 2.33 bits per heavy atom. The van der Waals surface area contributed by atoms with Crippen LogP contribution in [0, 0.1) is 17.2 Å². The van der Waals surface area contributed by atoms with Gasteiger partial charge in [0.15, 0.2) is 5.69 Å². The van der Waals surface area contributed by atoms with E-state index in [0.717, 1.165) is 11.4 Å². The molecule has 0 aliphatic carbocycles. The molecule has 0 unspecified atom stereocenters. The maximum atomic E-state index is 8.58. The first-order valence-electron chi connectivity index (χ1n) is 3.68. The molecule has 0 aromatic carbocycles. The monoisotopic (exact) mass is 200 g/mol. The van der Waals surface area contributed by atoms with E-state index in [1.54, 1.807) is 0 Å². The van der Waals surface area contributed by atoms with Crippen molar-refractivity contribution in [2.45, 2.75) is 20.3 Å². The highest BCUT2D eigenvalue weighted by Crippen LogP contribution is 2.25. The van der Waals surface area contributed by atoms with Gasteiger partial charge in [0.1, 0.15) is 10.4 Å². The molecule has 1 rings (SSSR count). The molecule has 0 atom stereocenters. The first kappa shape index (κ1) is 9.50. The van der Waals surface area contributed by atoms with Gasteiger partial charge in [0.05, 0.1) is 5.01 Å². The minimum absolute atomic E-state index is 0.359. The van der Waals surface area contributed by atoms with Crippen molar-refractivity contribution in [3.8, 4) is 6.07 Å². The fourth-order valence-electron chi connectivity index (χ4n) is 0.849. The van der Waals surface area contributed by atoms with Crippen molar-refractivity contribution in [1.82, 2.24) is 4.98 Å². The summed E-state index contributed by atoms with van der Waals surface area (Å²) in [5.74, 6) is 0.554. The first-order valence-corrected chi connectivity index (χ1v) is 4.88. The van der Waals surface area contributed by atoms with E-state index in [1.807, 2.05) is 6.07 Å². The summed E-state index contributed by atoms with van der Waals surface area (Å²) < 4.78 is 0.508. The minimum Gasteiger partial charge on any atom is -0.229 e. The number of thiazole rings is 1. The maximum Gasteiger partial charge on any atom is 0.170 e. The molecule has 0 bridgehead atoms. The lowest BCUT2D eigenvalue weighted by Gasteiger charge is -1.97. The van der Waals surface area contributed by atoms with E-state index in [4.69, 9.17) is 16.9 Å². The van der Waals surface area contributed by atoms with Crippen LogP contribution in [0.5, 0.6) is 0 Å². The summed E-state index contributed by atoms with van der Waals surface area (Å²) in [6.07, 6.45) is 0.895. The van der Waals surface area contributed by atoms with Gasteiger partial charge in [-0.3, -0.25) is 0 Å². The molecule has 12 heavy (non-hydrogen) atoms. The summed E-state index contributed by atoms with van der Waals surface area (Å²) in [5.41, 5.74) is 0.359. The van der Waals surface area contributed by atoms with Crippen LogP contribution in [0.3, 0.4) is 0 Å². The molecule has 4 heteroatoms. The smallest absolute Gasteiger partial charge is 0.170 e. The van der Waals surface area contributed by atoms with Crippen LogP contribution in [0.4, 0.5) is 0 Å². The van der Waals surface area contributed by atoms with Crippen LogP contribution in [-0.4, -0.2) is 4.98 Å². The molecule has 1 aromatic heterocycles. The second kappa shape index (κ2) is 3.88. The zero-order valence-corrected chi connectivity index (χ0v) is 8.54. The Bertz CT molecular complexity index is 311. The molecule has 0 fully saturated rings. The Kier molecular flexibility index (Phi) is 3.07. The van der Waals surface area contributed by atoms with E-state index >= 15 is 0 Å². The molecule has 64 valence electrons. The number of nitrogens with zero attached hydrogens (tertiary/aromatic N) is 2. The predicted molar refractivity (Wildman–Crippen MR) is 50.4 cm³/mol. The average Bonchev–Trinajstić information content (AvgIpc) is 2.29. The SMILES string of the molecule is CC(C)Cc1nc(C#N)c(Cl)s1. The van der Waals surface area contributed by atoms with E-state index in [-0.39, 0.29) is 0 Å². The molecule has 0 aliphatic rings. The lowest BCUT2D eigenvalue weighted by atomic mass is 10.1. The van der Waals surface area contributed by atoms with Gasteiger partial charge in [-0.1, -0.05) is 25.4 Å². The molecule has 0 aliphatic heterocycles. The molecule has 2 nitrogen and oxygen atoms in total. The number of nitriles is 1. The van der Waals surface area contributed by atoms with E-state index in [1.165, 1.54) is 11.3 Å². The highest BCUT2D eigenvalue weighted by molar-refractivity contribution is 7.16. The minimum atomic E-state index is 0.359. The van der Waals surface area contributed by atoms with Crippen LogP contribution < -0.4 is 0 Å². The summed E-state index contributed by atoms with van der Waals surface area (Å²) >= 11 is 7.16. The van der Waals surface area contributed by atoms with Crippen LogP contribution in [0.15, 0.2) is 0 Å². The van der Waals surface area contributed by atoms with E-state index in [0.29, 0.717) is 15.9 Å². The van der Waals surface area contributed by atoms with Crippen molar-refractivity contribution in [3.63, 3.8) is 0 Å². The Balaban J connectivity index is 2.84. The fraction of sp³-hybridized carbons (Fsp3) is 0.500. The Morgan fingerprint density at radius 1 is 1.67 bits per heavy atom. The van der Waals surface area contributed by atoms with Crippen LogP contribution >= 0.6 is 22.9 Å². The second-order valence-corrected chi connectivity index (χ2v) is 4.63. The highest BCUT2D eigenvalue weighted by atomic mass is 35.5. The molecule has 1 heterocycles. The van der Waals surface area contributed by atoms with Crippen molar-refractivity contribution in [2.75, 3.05) is 0 Å². The van der Waals surface area contributed by atoms with Gasteiger partial charge in [-0.25, -0.2) is 4.98 Å². The van der Waals surface area contributed by atoms with Gasteiger partial charge in [-0.15, -0.1) is 11.3 Å². The van der Waals surface area contributed by atoms with Crippen molar-refractivity contribution < 1.29 is 0 Å². The second-order valence-electron chi connectivity index (χ2n) is 2.94. The van der Waals surface area contributed by atoms with Gasteiger partial charge < -0.3 is 0 Å². The standard InChI is InChI=1S/C8H9ClN2S/c1-5(2)3-7-11-6(4-10)8(9)12-7/h5H,3H2,1-2H3. The van der Waals surface area contributed by atoms with Crippen LogP contribution in [0.25, 0.3) is 0 Å². The van der Waals surface area contributed by atoms with Crippen LogP contribution in [0.1, 0.15) is 24.5 Å². The Hall–Kier alpha value is -0.590. The maximum absolute atomic E-state index is 8.58. The van der Waals surface area contributed by atoms with Crippen molar-refractivity contribution in [3.05, 3.63) is 15.0 Å². The molecule has 0 saturated heterocycles. The third-order valence-electron chi connectivity index (χ3n) is 1.32. The van der Waals surface area contributed by atoms with Gasteiger partial charge in [0.2, 0.25) is 0 Å². The van der Waals surface area contributed by atoms with Crippen molar-refractivity contribution in [1.29, 1.82) is 5.26 Å². The Morgan fingerprint density at radius 3 is 2.75 bits per heavy atom. The predicted octanol–water partition coefficient (Wildman–Crippen LogP) is 2.87. The van der Waals surface area contributed by atoms with E-state index in [9.17, 15) is 0 Å². The van der Waals surface area contributed by atoms with Crippen LogP contribution in [-0.2, 0) is 6.42 Å². The summed E-state index contributed by atoms with van der Waals surface area (Å²) in [6, 6.07) is 1.96. The number of rotatable bonds is 2. The quantitative estimate of drug-likeness (QED) is 0.736. The zero-order chi connectivity index (χ0) is 9.14. The lowest BCUT2D eigenvalue weighted by Crippen LogP contribution is -1.92. The summed E-state index contributed by atoms with van der Waals surface area (Å²) in [5, 5.41) is 9.53. The van der Waals surface area contributed by atoms with Gasteiger partial charge in [-0.05, 0) is 5.92 Å². The highest BCUT2D eigenvalue weighted by Gasteiger charge is 2.09. The lowest BCUT2D eigenvalue weighted by molar-refractivity contribution is 0.644. The van der Waals surface area contributed by atoms with Crippen LogP contribution in [0.2, 0.25) is 4.34 Å². The third-order valence-corrected chi connectivity index (χ3v) is 2.60. The summed E-state index contributed by atoms with van der Waals surface area (Å²) in [4.78, 5) is 4.09. The number of halogens is 1. The van der Waals surface area contributed by atoms with Gasteiger partial charge in [0.25, 0.3) is 0 Å². The topological polar surface area (TPSA) is 36.7 Å². The number of hydrogen-bond donors (Lipinski definition) is 0. The van der Waals surface area contributed by atoms with Gasteiger partial charge in [0, 0.05) is 6.42 Å². The molecular weight excluding hydrogens is 192 g/mol. The summed E-state index contributed by atoms with van der Waals surface area (Å²) in [6.45, 7) is 4.22. The molecule has 0 spiro atoms. The molecule has 1 aromatic rings. The van der Waals surface area contributed by atoms with Gasteiger partial charge in [-0.2, -0.15) is 5.26 Å². The molecule has 0 N–H and O–H groups in total. The van der Waals surface area contributed by atoms with E-state index in [2.05, 4.69) is 18.8 Å². The molecular formula is C8H9ClN2S. The molecule has 0 radical (unpaired) electrons. The van der Waals surface area contributed by atoms with E-state index < -0.39 is 0 Å². The molecule has 0 saturated carbocycles. The largest absolute Gasteiger partial charge is 0.229 e. The fourth-order valence-corrected chi connectivity index (χ4v) is 2.15. The summed E-state index contributed by atoms with van der Waals surface area (Å²) in [7, 11) is 0.